The van der Waals surface area contributed by atoms with Crippen molar-refractivity contribution >= 4 is 22.5 Å². The summed E-state index contributed by atoms with van der Waals surface area (Å²) in [6.07, 6.45) is 1.46. The van der Waals surface area contributed by atoms with E-state index in [0.29, 0.717) is 16.5 Å². The Morgan fingerprint density at radius 1 is 0.964 bits per heavy atom. The fourth-order valence-electron chi connectivity index (χ4n) is 2.86. The molecule has 4 rings (SSSR count). The summed E-state index contributed by atoms with van der Waals surface area (Å²) in [5.41, 5.74) is 6.06. The molecular weight excluding hydrogens is 384 g/mol. The van der Waals surface area contributed by atoms with Crippen LogP contribution in [0.25, 0.3) is 33.3 Å². The smallest absolute Gasteiger partial charge is 0.257 e. The number of nitrogens with zero attached hydrogens (tertiary/aromatic N) is 1. The van der Waals surface area contributed by atoms with Gasteiger partial charge in [-0.05, 0) is 36.9 Å². The first kappa shape index (κ1) is 19.7. The van der Waals surface area contributed by atoms with Crippen LogP contribution in [0, 0.1) is 11.6 Å². The molecule has 2 aromatic carbocycles. The van der Waals surface area contributed by atoms with Crippen molar-refractivity contribution in [2.75, 3.05) is 7.05 Å². The lowest BCUT2D eigenvalue weighted by Crippen LogP contribution is -2.06. The zero-order valence-electron chi connectivity index (χ0n) is 14.8. The number of pyridine rings is 2. The van der Waals surface area contributed by atoms with E-state index in [1.165, 1.54) is 25.4 Å². The van der Waals surface area contributed by atoms with Gasteiger partial charge >= 0.3 is 0 Å². The lowest BCUT2D eigenvalue weighted by atomic mass is 9.97. The molecule has 142 valence electrons. The van der Waals surface area contributed by atoms with E-state index in [2.05, 4.69) is 15.7 Å². The number of rotatable bonds is 2. The molecule has 28 heavy (non-hydrogen) atoms. The van der Waals surface area contributed by atoms with Crippen molar-refractivity contribution < 1.29 is 8.78 Å². The molecule has 4 aromatic rings. The average molecular weight is 400 g/mol. The van der Waals surface area contributed by atoms with Gasteiger partial charge in [-0.3, -0.25) is 4.79 Å². The molecule has 4 nitrogen and oxygen atoms in total. The Morgan fingerprint density at radius 2 is 1.68 bits per heavy atom. The summed E-state index contributed by atoms with van der Waals surface area (Å²) in [5, 5.41) is 0.0645. The Bertz CT molecular complexity index is 1190. The number of halogens is 3. The van der Waals surface area contributed by atoms with Crippen molar-refractivity contribution in [2.45, 2.75) is 0 Å². The number of H-pyrrole nitrogens is 1. The third-order valence-corrected chi connectivity index (χ3v) is 4.42. The van der Waals surface area contributed by atoms with E-state index in [-0.39, 0.29) is 21.8 Å². The topological polar surface area (TPSA) is 71.8 Å². The maximum atomic E-state index is 14.6. The number of hydrogen-bond donors (Lipinski definition) is 2. The van der Waals surface area contributed by atoms with Crippen LogP contribution in [0.2, 0.25) is 5.02 Å². The summed E-state index contributed by atoms with van der Waals surface area (Å²) >= 11 is 5.67. The minimum atomic E-state index is -1.13. The standard InChI is InChI=1S/C20H11ClF2N2O.CH5N/c21-15-7-6-12(17(22)18(15)23)19-13(11-4-2-1-3-5-11)10-14-16(25-19)8-9-24-20(14)26;1-2/h1-10H,(H,24,26);2H2,1H3. The molecule has 0 aliphatic heterocycles. The van der Waals surface area contributed by atoms with Crippen molar-refractivity contribution in [2.24, 2.45) is 5.73 Å². The molecule has 0 atom stereocenters. The number of fused-ring (bicyclic) bond motifs is 1. The minimum absolute atomic E-state index is 0.0204. The SMILES string of the molecule is CN.O=c1[nH]ccc2nc(-c3ccc(Cl)c(F)c3F)c(-c3ccccc3)cc12. The zero-order valence-corrected chi connectivity index (χ0v) is 15.6. The van der Waals surface area contributed by atoms with Gasteiger partial charge in [-0.25, -0.2) is 13.8 Å². The maximum Gasteiger partial charge on any atom is 0.257 e. The minimum Gasteiger partial charge on any atom is -0.333 e. The van der Waals surface area contributed by atoms with Gasteiger partial charge in [-0.2, -0.15) is 0 Å². The van der Waals surface area contributed by atoms with Gasteiger partial charge in [0.25, 0.3) is 5.56 Å². The fourth-order valence-corrected chi connectivity index (χ4v) is 3.01. The molecule has 0 unspecified atom stereocenters. The van der Waals surface area contributed by atoms with E-state index in [9.17, 15) is 13.6 Å². The Hall–Kier alpha value is -3.09. The molecule has 0 spiro atoms. The van der Waals surface area contributed by atoms with E-state index in [4.69, 9.17) is 11.6 Å². The van der Waals surface area contributed by atoms with Crippen LogP contribution in [0.4, 0.5) is 8.78 Å². The van der Waals surface area contributed by atoms with Crippen LogP contribution in [0.15, 0.2) is 65.6 Å². The summed E-state index contributed by atoms with van der Waals surface area (Å²) in [7, 11) is 1.50. The van der Waals surface area contributed by atoms with Crippen LogP contribution in [0.1, 0.15) is 0 Å². The molecule has 0 aliphatic rings. The molecule has 0 saturated heterocycles. The van der Waals surface area contributed by atoms with Gasteiger partial charge in [0.15, 0.2) is 11.6 Å². The normalized spacial score (nSPS) is 10.5. The maximum absolute atomic E-state index is 14.6. The third kappa shape index (κ3) is 3.52. The number of aromatic nitrogens is 2. The Labute approximate surface area is 164 Å². The van der Waals surface area contributed by atoms with E-state index in [0.717, 1.165) is 5.56 Å². The molecule has 0 bridgehead atoms. The second-order valence-electron chi connectivity index (χ2n) is 5.71. The van der Waals surface area contributed by atoms with Crippen LogP contribution in [0.5, 0.6) is 0 Å². The number of hydrogen-bond acceptors (Lipinski definition) is 3. The average Bonchev–Trinajstić information content (AvgIpc) is 2.74. The van der Waals surface area contributed by atoms with Crippen LogP contribution in [-0.4, -0.2) is 17.0 Å². The van der Waals surface area contributed by atoms with Gasteiger partial charge in [-0.15, -0.1) is 0 Å². The van der Waals surface area contributed by atoms with Crippen LogP contribution in [0.3, 0.4) is 0 Å². The Balaban J connectivity index is 0.00000109. The summed E-state index contributed by atoms with van der Waals surface area (Å²) in [6.45, 7) is 0. The number of aromatic amines is 1. The fraction of sp³-hybridized carbons (Fsp3) is 0.0476. The number of nitrogens with two attached hydrogens (primary N) is 1. The second-order valence-corrected chi connectivity index (χ2v) is 6.12. The predicted molar refractivity (Wildman–Crippen MR) is 108 cm³/mol. The van der Waals surface area contributed by atoms with Crippen molar-refractivity contribution in [1.29, 1.82) is 0 Å². The van der Waals surface area contributed by atoms with Crippen molar-refractivity contribution in [1.82, 2.24) is 9.97 Å². The largest absolute Gasteiger partial charge is 0.333 e. The first-order chi connectivity index (χ1) is 13.6. The van der Waals surface area contributed by atoms with Gasteiger partial charge in [0.05, 0.1) is 21.6 Å². The van der Waals surface area contributed by atoms with Crippen molar-refractivity contribution in [3.8, 4) is 22.4 Å². The first-order valence-electron chi connectivity index (χ1n) is 8.36. The summed E-state index contributed by atoms with van der Waals surface area (Å²) in [6, 6.07) is 15.0. The highest BCUT2D eigenvalue weighted by molar-refractivity contribution is 6.30. The summed E-state index contributed by atoms with van der Waals surface area (Å²) < 4.78 is 28.6. The monoisotopic (exact) mass is 399 g/mol. The van der Waals surface area contributed by atoms with E-state index in [1.54, 1.807) is 12.1 Å². The third-order valence-electron chi connectivity index (χ3n) is 4.13. The van der Waals surface area contributed by atoms with E-state index in [1.807, 2.05) is 30.3 Å². The lowest BCUT2D eigenvalue weighted by molar-refractivity contribution is 0.511. The Kier molecular flexibility index (Phi) is 5.82. The second kappa shape index (κ2) is 8.29. The molecule has 0 radical (unpaired) electrons. The quantitative estimate of drug-likeness (QED) is 0.477. The van der Waals surface area contributed by atoms with Gasteiger partial charge in [0.2, 0.25) is 0 Å². The summed E-state index contributed by atoms with van der Waals surface area (Å²) in [5.74, 6) is -2.21. The predicted octanol–water partition coefficient (Wildman–Crippen LogP) is 4.76. The van der Waals surface area contributed by atoms with Gasteiger partial charge in [0.1, 0.15) is 0 Å². The molecule has 0 aliphatic carbocycles. The van der Waals surface area contributed by atoms with Crippen LogP contribution < -0.4 is 11.3 Å². The highest BCUT2D eigenvalue weighted by Gasteiger charge is 2.19. The Morgan fingerprint density at radius 3 is 2.39 bits per heavy atom. The van der Waals surface area contributed by atoms with E-state index >= 15 is 0 Å². The zero-order chi connectivity index (χ0) is 20.3. The van der Waals surface area contributed by atoms with Crippen molar-refractivity contribution in [3.05, 3.63) is 87.8 Å². The highest BCUT2D eigenvalue weighted by atomic mass is 35.5. The van der Waals surface area contributed by atoms with Crippen LogP contribution >= 0.6 is 11.6 Å². The molecule has 0 amide bonds. The van der Waals surface area contributed by atoms with E-state index < -0.39 is 11.6 Å². The molecule has 2 aromatic heterocycles. The lowest BCUT2D eigenvalue weighted by Gasteiger charge is -2.12. The first-order valence-corrected chi connectivity index (χ1v) is 8.73. The number of nitrogens with one attached hydrogen (secondary N) is 1. The van der Waals surface area contributed by atoms with Gasteiger partial charge in [-0.1, -0.05) is 41.9 Å². The van der Waals surface area contributed by atoms with Crippen molar-refractivity contribution in [3.63, 3.8) is 0 Å². The van der Waals surface area contributed by atoms with Crippen LogP contribution in [-0.2, 0) is 0 Å². The molecule has 2 heterocycles. The molecule has 0 saturated carbocycles. The highest BCUT2D eigenvalue weighted by Crippen LogP contribution is 2.35. The van der Waals surface area contributed by atoms with Gasteiger partial charge in [0, 0.05) is 17.3 Å². The molecular formula is C21H16ClF2N3O. The summed E-state index contributed by atoms with van der Waals surface area (Å²) in [4.78, 5) is 19.2. The molecule has 7 heteroatoms. The van der Waals surface area contributed by atoms with Gasteiger partial charge < -0.3 is 10.7 Å². The molecule has 3 N–H and O–H groups in total. The number of benzene rings is 2. The molecule has 0 fully saturated rings.